The zero-order chi connectivity index (χ0) is 14.1. The fourth-order valence-corrected chi connectivity index (χ4v) is 0.611. The van der Waals surface area contributed by atoms with Crippen molar-refractivity contribution in [3.8, 4) is 0 Å². The van der Waals surface area contributed by atoms with E-state index in [1.54, 1.807) is 13.8 Å². The molecule has 0 amide bonds. The van der Waals surface area contributed by atoms with Gasteiger partial charge in [0.2, 0.25) is 0 Å². The van der Waals surface area contributed by atoms with E-state index in [0.29, 0.717) is 13.2 Å². The zero-order valence-corrected chi connectivity index (χ0v) is 14.3. The Bertz CT molecular complexity index is 160. The number of ether oxygens (including phenoxy) is 3. The van der Waals surface area contributed by atoms with E-state index in [-0.39, 0.29) is 36.8 Å². The van der Waals surface area contributed by atoms with Crippen LogP contribution in [0.3, 0.4) is 0 Å². The van der Waals surface area contributed by atoms with Gasteiger partial charge in [-0.1, -0.05) is 0 Å². The van der Waals surface area contributed by atoms with E-state index in [4.69, 9.17) is 4.74 Å². The average Bonchev–Trinajstić information content (AvgIpc) is 2.20. The van der Waals surface area contributed by atoms with Gasteiger partial charge in [0, 0.05) is 27.1 Å². The third-order valence-electron chi connectivity index (χ3n) is 1.10. The van der Waals surface area contributed by atoms with E-state index in [1.165, 1.54) is 13.8 Å². The van der Waals surface area contributed by atoms with Gasteiger partial charge < -0.3 is 14.2 Å². The van der Waals surface area contributed by atoms with Crippen LogP contribution in [0.1, 0.15) is 41.5 Å². The molecule has 0 aliphatic carbocycles. The molecule has 0 aliphatic heterocycles. The number of hydrogen-bond donors (Lipinski definition) is 0. The van der Waals surface area contributed by atoms with Gasteiger partial charge in [-0.25, -0.2) is 0 Å². The summed E-state index contributed by atoms with van der Waals surface area (Å²) in [6.45, 7) is 13.0. The first-order valence-corrected chi connectivity index (χ1v) is 5.80. The molecule has 120 valence electrons. The largest absolute Gasteiger partial charge is 0.466 e. The molecule has 0 atom stereocenters. The second-order valence-corrected chi connectivity index (χ2v) is 2.63. The van der Waals surface area contributed by atoms with Crippen molar-refractivity contribution in [2.75, 3.05) is 26.4 Å². The van der Waals surface area contributed by atoms with Crippen molar-refractivity contribution in [3.05, 3.63) is 0 Å². The molecule has 0 rings (SSSR count). The number of rotatable bonds is 4. The molecule has 0 aromatic carbocycles. The first-order chi connectivity index (χ1) is 7.95. The lowest BCUT2D eigenvalue weighted by Gasteiger charge is -1.89. The van der Waals surface area contributed by atoms with Crippen LogP contribution in [-0.2, 0) is 23.8 Å². The summed E-state index contributed by atoms with van der Waals surface area (Å²) in [4.78, 5) is 19.6. The fraction of sp³-hybridized carbons (Fsp3) is 0.833. The predicted octanol–water partition coefficient (Wildman–Crippen LogP) is 3.03. The summed E-state index contributed by atoms with van der Waals surface area (Å²) in [5.41, 5.74) is 0. The van der Waals surface area contributed by atoms with E-state index in [2.05, 4.69) is 9.47 Å². The van der Waals surface area contributed by atoms with Crippen molar-refractivity contribution in [1.82, 2.24) is 0 Å². The molecular formula is C12H28Cl2O5. The lowest BCUT2D eigenvalue weighted by molar-refractivity contribution is -0.141. The van der Waals surface area contributed by atoms with Gasteiger partial charge in [0.1, 0.15) is 0 Å². The molecule has 0 radical (unpaired) electrons. The van der Waals surface area contributed by atoms with E-state index >= 15 is 0 Å². The van der Waals surface area contributed by atoms with Crippen LogP contribution in [-0.4, -0.2) is 38.4 Å². The van der Waals surface area contributed by atoms with E-state index < -0.39 is 0 Å². The van der Waals surface area contributed by atoms with E-state index in [9.17, 15) is 9.59 Å². The SMILES string of the molecule is CCOC(C)=O.CCOC(C)=O.CCOCC.Cl.Cl. The molecule has 0 aromatic rings. The second-order valence-electron chi connectivity index (χ2n) is 2.63. The third kappa shape index (κ3) is 74.9. The Morgan fingerprint density at radius 2 is 0.947 bits per heavy atom. The van der Waals surface area contributed by atoms with Crippen LogP contribution >= 0.6 is 24.8 Å². The molecule has 0 spiro atoms. The Morgan fingerprint density at radius 3 is 0.947 bits per heavy atom. The highest BCUT2D eigenvalue weighted by molar-refractivity contribution is 5.85. The van der Waals surface area contributed by atoms with Crippen molar-refractivity contribution in [3.63, 3.8) is 0 Å². The number of esters is 2. The van der Waals surface area contributed by atoms with Crippen LogP contribution in [0.5, 0.6) is 0 Å². The van der Waals surface area contributed by atoms with Gasteiger partial charge in [-0.3, -0.25) is 9.59 Å². The van der Waals surface area contributed by atoms with Crippen LogP contribution in [0.2, 0.25) is 0 Å². The zero-order valence-electron chi connectivity index (χ0n) is 12.7. The fourth-order valence-electron chi connectivity index (χ4n) is 0.611. The summed E-state index contributed by atoms with van der Waals surface area (Å²) in [5, 5.41) is 0. The highest BCUT2D eigenvalue weighted by atomic mass is 35.5. The van der Waals surface area contributed by atoms with Gasteiger partial charge >= 0.3 is 11.9 Å². The summed E-state index contributed by atoms with van der Waals surface area (Å²) < 4.78 is 13.6. The highest BCUT2D eigenvalue weighted by Crippen LogP contribution is 1.70. The number of halogens is 2. The third-order valence-corrected chi connectivity index (χ3v) is 1.10. The van der Waals surface area contributed by atoms with Crippen LogP contribution in [0.15, 0.2) is 0 Å². The van der Waals surface area contributed by atoms with Crippen molar-refractivity contribution in [2.24, 2.45) is 0 Å². The van der Waals surface area contributed by atoms with Gasteiger partial charge in [-0.05, 0) is 27.7 Å². The first-order valence-electron chi connectivity index (χ1n) is 5.80. The minimum absolute atomic E-state index is 0. The quantitative estimate of drug-likeness (QED) is 0.744. The molecule has 0 saturated heterocycles. The molecule has 7 heteroatoms. The molecule has 0 N–H and O–H groups in total. The highest BCUT2D eigenvalue weighted by Gasteiger charge is 1.82. The molecular weight excluding hydrogens is 295 g/mol. The minimum Gasteiger partial charge on any atom is -0.466 e. The summed E-state index contributed by atoms with van der Waals surface area (Å²) >= 11 is 0. The summed E-state index contributed by atoms with van der Waals surface area (Å²) in [7, 11) is 0. The van der Waals surface area contributed by atoms with Crippen LogP contribution in [0.25, 0.3) is 0 Å². The Morgan fingerprint density at radius 1 is 0.684 bits per heavy atom. The maximum atomic E-state index is 9.82. The molecule has 5 nitrogen and oxygen atoms in total. The Labute approximate surface area is 129 Å². The normalized spacial score (nSPS) is 7.05. The Kier molecular flexibility index (Phi) is 49.9. The van der Waals surface area contributed by atoms with Crippen LogP contribution < -0.4 is 0 Å². The number of hydrogen-bond acceptors (Lipinski definition) is 5. The smallest absolute Gasteiger partial charge is 0.302 e. The monoisotopic (exact) mass is 322 g/mol. The van der Waals surface area contributed by atoms with Gasteiger partial charge in [0.25, 0.3) is 0 Å². The summed E-state index contributed by atoms with van der Waals surface area (Å²) in [6, 6.07) is 0. The maximum Gasteiger partial charge on any atom is 0.302 e. The van der Waals surface area contributed by atoms with Crippen molar-refractivity contribution in [1.29, 1.82) is 0 Å². The molecule has 19 heavy (non-hydrogen) atoms. The first kappa shape index (κ1) is 31.1. The van der Waals surface area contributed by atoms with Gasteiger partial charge in [-0.15, -0.1) is 24.8 Å². The standard InChI is InChI=1S/2C4H8O2.C4H10O.2ClH/c2*1-3-6-4(2)5;1-3-5-4-2;;/h2*3H2,1-2H3;3-4H2,1-2H3;2*1H. The summed E-state index contributed by atoms with van der Waals surface area (Å²) in [5.74, 6) is -0.421. The minimum atomic E-state index is -0.211. The van der Waals surface area contributed by atoms with E-state index in [1.807, 2.05) is 13.8 Å². The van der Waals surface area contributed by atoms with Crippen LogP contribution in [0, 0.1) is 0 Å². The molecule has 0 saturated carbocycles. The summed E-state index contributed by atoms with van der Waals surface area (Å²) in [6.07, 6.45) is 0. The molecule has 0 heterocycles. The van der Waals surface area contributed by atoms with Gasteiger partial charge in [0.15, 0.2) is 0 Å². The van der Waals surface area contributed by atoms with Gasteiger partial charge in [0.05, 0.1) is 13.2 Å². The van der Waals surface area contributed by atoms with Crippen LogP contribution in [0.4, 0.5) is 0 Å². The Balaban J connectivity index is -0.0000000492. The molecule has 0 bridgehead atoms. The average molecular weight is 323 g/mol. The number of carbonyl (C=O) groups excluding carboxylic acids is 2. The van der Waals surface area contributed by atoms with Crippen molar-refractivity contribution in [2.45, 2.75) is 41.5 Å². The van der Waals surface area contributed by atoms with E-state index in [0.717, 1.165) is 13.2 Å². The molecule has 0 aliphatic rings. The van der Waals surface area contributed by atoms with Crippen molar-refractivity contribution >= 4 is 36.8 Å². The molecule has 0 fully saturated rings. The maximum absolute atomic E-state index is 9.82. The second kappa shape index (κ2) is 30.5. The Hall–Kier alpha value is -0.520. The number of carbonyl (C=O) groups is 2. The van der Waals surface area contributed by atoms with Gasteiger partial charge in [-0.2, -0.15) is 0 Å². The molecule has 0 unspecified atom stereocenters. The van der Waals surface area contributed by atoms with Crippen molar-refractivity contribution < 1.29 is 23.8 Å². The lowest BCUT2D eigenvalue weighted by Crippen LogP contribution is -1.95. The predicted molar refractivity (Wildman–Crippen MR) is 81.3 cm³/mol. The molecule has 0 aromatic heterocycles. The topological polar surface area (TPSA) is 61.8 Å². The lowest BCUT2D eigenvalue weighted by atomic mass is 10.8.